The highest BCUT2D eigenvalue weighted by atomic mass is 16.5. The van der Waals surface area contributed by atoms with Gasteiger partial charge in [-0.1, -0.05) is 48.5 Å². The molecule has 0 bridgehead atoms. The first-order valence-corrected chi connectivity index (χ1v) is 11.8. The lowest BCUT2D eigenvalue weighted by Crippen LogP contribution is -2.50. The highest BCUT2D eigenvalue weighted by molar-refractivity contribution is 5.76. The Kier molecular flexibility index (Phi) is 7.22. The summed E-state index contributed by atoms with van der Waals surface area (Å²) in [5, 5.41) is 7.91. The number of benzene rings is 2. The van der Waals surface area contributed by atoms with Crippen LogP contribution in [0.4, 0.5) is 4.79 Å². The standard InChI is InChI=1S/C27H34N4O3/c1-27(2,3)28-26(32)31(18-22-16-11-17-33-22)19-23-24(20-12-7-5-8-13-20)29-30(4)25(23)34-21-14-9-6-10-15-21/h5-10,12-15,22H,11,16-19H2,1-4H3,(H,28,32). The average Bonchev–Trinajstić information content (AvgIpc) is 3.42. The molecule has 3 aromatic rings. The van der Waals surface area contributed by atoms with Gasteiger partial charge in [0.25, 0.3) is 0 Å². The fraction of sp³-hybridized carbons (Fsp3) is 0.407. The van der Waals surface area contributed by atoms with E-state index in [2.05, 4.69) is 5.32 Å². The van der Waals surface area contributed by atoms with Crippen LogP contribution < -0.4 is 10.1 Å². The highest BCUT2D eigenvalue weighted by Gasteiger charge is 2.29. The van der Waals surface area contributed by atoms with E-state index in [1.54, 1.807) is 4.68 Å². The van der Waals surface area contributed by atoms with Crippen molar-refractivity contribution in [2.45, 2.75) is 51.8 Å². The molecule has 1 atom stereocenters. The van der Waals surface area contributed by atoms with Crippen molar-refractivity contribution in [3.05, 3.63) is 66.2 Å². The summed E-state index contributed by atoms with van der Waals surface area (Å²) in [5.41, 5.74) is 2.28. The molecule has 34 heavy (non-hydrogen) atoms. The average molecular weight is 463 g/mol. The zero-order chi connectivity index (χ0) is 24.1. The van der Waals surface area contributed by atoms with Crippen LogP contribution in [-0.2, 0) is 18.3 Å². The van der Waals surface area contributed by atoms with E-state index in [1.165, 1.54) is 0 Å². The topological polar surface area (TPSA) is 68.6 Å². The minimum Gasteiger partial charge on any atom is -0.439 e. The van der Waals surface area contributed by atoms with Crippen molar-refractivity contribution in [1.29, 1.82) is 0 Å². The molecule has 0 spiro atoms. The van der Waals surface area contributed by atoms with Crippen LogP contribution >= 0.6 is 0 Å². The van der Waals surface area contributed by atoms with Gasteiger partial charge < -0.3 is 19.7 Å². The molecule has 1 N–H and O–H groups in total. The third-order valence-electron chi connectivity index (χ3n) is 5.66. The molecule has 1 aliphatic rings. The molecule has 4 rings (SSSR count). The number of nitrogens with zero attached hydrogens (tertiary/aromatic N) is 3. The largest absolute Gasteiger partial charge is 0.439 e. The first-order valence-electron chi connectivity index (χ1n) is 11.8. The Hall–Kier alpha value is -3.32. The lowest BCUT2D eigenvalue weighted by molar-refractivity contribution is 0.0780. The molecule has 1 unspecified atom stereocenters. The first-order chi connectivity index (χ1) is 16.3. The SMILES string of the molecule is Cn1nc(-c2ccccc2)c(CN(CC2CCCO2)C(=O)NC(C)(C)C)c1Oc1ccccc1. The van der Waals surface area contributed by atoms with Gasteiger partial charge in [-0.25, -0.2) is 9.48 Å². The van der Waals surface area contributed by atoms with Crippen molar-refractivity contribution in [2.24, 2.45) is 7.05 Å². The Balaban J connectivity index is 1.72. The van der Waals surface area contributed by atoms with Crippen LogP contribution in [0.5, 0.6) is 11.6 Å². The Labute approximate surface area is 201 Å². The molecule has 1 aromatic heterocycles. The molecule has 0 aliphatic carbocycles. The van der Waals surface area contributed by atoms with E-state index in [1.807, 2.05) is 93.4 Å². The minimum atomic E-state index is -0.355. The smallest absolute Gasteiger partial charge is 0.318 e. The van der Waals surface area contributed by atoms with Gasteiger partial charge in [0.2, 0.25) is 5.88 Å². The van der Waals surface area contributed by atoms with E-state index in [9.17, 15) is 4.79 Å². The molecule has 7 nitrogen and oxygen atoms in total. The molecule has 2 aromatic carbocycles. The van der Waals surface area contributed by atoms with Crippen LogP contribution in [-0.4, -0.2) is 45.5 Å². The van der Waals surface area contributed by atoms with E-state index in [4.69, 9.17) is 14.6 Å². The normalized spacial score (nSPS) is 15.8. The number of para-hydroxylation sites is 1. The molecule has 180 valence electrons. The van der Waals surface area contributed by atoms with Crippen molar-refractivity contribution in [3.63, 3.8) is 0 Å². The maximum absolute atomic E-state index is 13.4. The number of nitrogens with one attached hydrogen (secondary N) is 1. The molecule has 2 amide bonds. The minimum absolute atomic E-state index is 0.0288. The van der Waals surface area contributed by atoms with Gasteiger partial charge in [-0.3, -0.25) is 0 Å². The van der Waals surface area contributed by atoms with Crippen LogP contribution in [0.15, 0.2) is 60.7 Å². The fourth-order valence-corrected chi connectivity index (χ4v) is 4.09. The predicted molar refractivity (Wildman–Crippen MR) is 133 cm³/mol. The Morgan fingerprint density at radius 1 is 1.15 bits per heavy atom. The quantitative estimate of drug-likeness (QED) is 0.513. The summed E-state index contributed by atoms with van der Waals surface area (Å²) in [5.74, 6) is 1.34. The maximum Gasteiger partial charge on any atom is 0.318 e. The Morgan fingerprint density at radius 2 is 1.82 bits per heavy atom. The van der Waals surface area contributed by atoms with Gasteiger partial charge in [-0.15, -0.1) is 0 Å². The molecule has 1 aliphatic heterocycles. The van der Waals surface area contributed by atoms with Gasteiger partial charge in [0.1, 0.15) is 11.4 Å². The second kappa shape index (κ2) is 10.3. The van der Waals surface area contributed by atoms with Crippen molar-refractivity contribution in [1.82, 2.24) is 20.0 Å². The van der Waals surface area contributed by atoms with E-state index < -0.39 is 0 Å². The number of rotatable bonds is 7. The zero-order valence-corrected chi connectivity index (χ0v) is 20.5. The summed E-state index contributed by atoms with van der Waals surface area (Å²) >= 11 is 0. The molecule has 0 radical (unpaired) electrons. The van der Waals surface area contributed by atoms with Crippen molar-refractivity contribution < 1.29 is 14.3 Å². The molecule has 0 saturated carbocycles. The predicted octanol–water partition coefficient (Wildman–Crippen LogP) is 5.37. The van der Waals surface area contributed by atoms with Crippen molar-refractivity contribution >= 4 is 6.03 Å². The lowest BCUT2D eigenvalue weighted by Gasteiger charge is -2.30. The lowest BCUT2D eigenvalue weighted by atomic mass is 10.1. The van der Waals surface area contributed by atoms with Crippen LogP contribution in [0.1, 0.15) is 39.2 Å². The molecule has 1 saturated heterocycles. The van der Waals surface area contributed by atoms with Crippen LogP contribution in [0, 0.1) is 0 Å². The van der Waals surface area contributed by atoms with Crippen LogP contribution in [0.2, 0.25) is 0 Å². The second-order valence-corrected chi connectivity index (χ2v) is 9.73. The third kappa shape index (κ3) is 5.97. The summed E-state index contributed by atoms with van der Waals surface area (Å²) in [6.45, 7) is 7.55. The maximum atomic E-state index is 13.4. The number of hydrogen-bond donors (Lipinski definition) is 1. The monoisotopic (exact) mass is 462 g/mol. The Morgan fingerprint density at radius 3 is 2.44 bits per heavy atom. The molecular weight excluding hydrogens is 428 g/mol. The molecule has 2 heterocycles. The first kappa shape index (κ1) is 23.8. The van der Waals surface area contributed by atoms with Crippen molar-refractivity contribution in [3.8, 4) is 22.9 Å². The number of carbonyl (C=O) groups excluding carboxylic acids is 1. The van der Waals surface area contributed by atoms with E-state index in [0.717, 1.165) is 42.0 Å². The van der Waals surface area contributed by atoms with Crippen molar-refractivity contribution in [2.75, 3.05) is 13.2 Å². The number of carbonyl (C=O) groups is 1. The summed E-state index contributed by atoms with van der Waals surface area (Å²) < 4.78 is 13.9. The van der Waals surface area contributed by atoms with Gasteiger partial charge in [-0.2, -0.15) is 5.10 Å². The number of aromatic nitrogens is 2. The zero-order valence-electron chi connectivity index (χ0n) is 20.5. The summed E-state index contributed by atoms with van der Waals surface area (Å²) in [4.78, 5) is 15.2. The summed E-state index contributed by atoms with van der Waals surface area (Å²) in [6, 6.07) is 19.5. The summed E-state index contributed by atoms with van der Waals surface area (Å²) in [6.07, 6.45) is 2.00. The molecule has 1 fully saturated rings. The fourth-order valence-electron chi connectivity index (χ4n) is 4.09. The third-order valence-corrected chi connectivity index (χ3v) is 5.66. The number of ether oxygens (including phenoxy) is 2. The highest BCUT2D eigenvalue weighted by Crippen LogP contribution is 2.34. The number of aryl methyl sites for hydroxylation is 1. The van der Waals surface area contributed by atoms with Gasteiger partial charge in [0.15, 0.2) is 0 Å². The Bertz CT molecular complexity index is 1080. The van der Waals surface area contributed by atoms with E-state index in [0.29, 0.717) is 19.0 Å². The van der Waals surface area contributed by atoms with Gasteiger partial charge in [0.05, 0.1) is 18.2 Å². The molecular formula is C27H34N4O3. The van der Waals surface area contributed by atoms with Crippen LogP contribution in [0.25, 0.3) is 11.3 Å². The number of hydrogen-bond acceptors (Lipinski definition) is 4. The van der Waals surface area contributed by atoms with Gasteiger partial charge >= 0.3 is 6.03 Å². The van der Waals surface area contributed by atoms with Gasteiger partial charge in [0, 0.05) is 31.3 Å². The summed E-state index contributed by atoms with van der Waals surface area (Å²) in [7, 11) is 1.87. The van der Waals surface area contributed by atoms with E-state index >= 15 is 0 Å². The number of amides is 2. The number of urea groups is 1. The molecule has 7 heteroatoms. The van der Waals surface area contributed by atoms with Crippen LogP contribution in [0.3, 0.4) is 0 Å². The van der Waals surface area contributed by atoms with Gasteiger partial charge in [-0.05, 0) is 45.7 Å². The van der Waals surface area contributed by atoms with E-state index in [-0.39, 0.29) is 17.7 Å². The second-order valence-electron chi connectivity index (χ2n) is 9.73.